The van der Waals surface area contributed by atoms with Gasteiger partial charge in [-0.05, 0) is 0 Å². The predicted octanol–water partition coefficient (Wildman–Crippen LogP) is -0.195. The molecule has 1 amide bonds. The number of aliphatic hydroxyl groups excluding tert-OH is 1. The minimum absolute atomic E-state index is 0.0319. The van der Waals surface area contributed by atoms with Gasteiger partial charge in [-0.15, -0.1) is 0 Å². The van der Waals surface area contributed by atoms with Crippen molar-refractivity contribution in [2.24, 2.45) is 0 Å². The first-order chi connectivity index (χ1) is 12.7. The summed E-state index contributed by atoms with van der Waals surface area (Å²) >= 11 is 0. The molecular formula is C17H27NO9. The topological polar surface area (TPSA) is 137 Å². The fourth-order valence-corrected chi connectivity index (χ4v) is 2.47. The minimum Gasteiger partial charge on any atom is -0.463 e. The summed E-state index contributed by atoms with van der Waals surface area (Å²) in [5.74, 6) is -2.24. The van der Waals surface area contributed by atoms with E-state index in [9.17, 15) is 24.3 Å². The molecule has 1 aliphatic rings. The largest absolute Gasteiger partial charge is 0.463 e. The third-order valence-electron chi connectivity index (χ3n) is 3.85. The fourth-order valence-electron chi connectivity index (χ4n) is 2.47. The van der Waals surface area contributed by atoms with Gasteiger partial charge in [0.25, 0.3) is 0 Å². The van der Waals surface area contributed by atoms with Crippen LogP contribution >= 0.6 is 0 Å². The summed E-state index contributed by atoms with van der Waals surface area (Å²) < 4.78 is 21.1. The van der Waals surface area contributed by atoms with Gasteiger partial charge in [-0.25, -0.2) is 0 Å². The first-order valence-electron chi connectivity index (χ1n) is 8.88. The first kappa shape index (κ1) is 22.8. The molecule has 1 heterocycles. The predicted molar refractivity (Wildman–Crippen MR) is 90.1 cm³/mol. The van der Waals surface area contributed by atoms with E-state index in [1.165, 1.54) is 6.92 Å². The summed E-state index contributed by atoms with van der Waals surface area (Å²) in [5.41, 5.74) is 0. The Labute approximate surface area is 157 Å². The van der Waals surface area contributed by atoms with Crippen LogP contribution in [0.5, 0.6) is 0 Å². The van der Waals surface area contributed by atoms with Crippen molar-refractivity contribution < 1.29 is 43.2 Å². The number of aliphatic hydroxyl groups is 1. The Kier molecular flexibility index (Phi) is 9.16. The van der Waals surface area contributed by atoms with Crippen LogP contribution in [-0.4, -0.2) is 66.2 Å². The summed E-state index contributed by atoms with van der Waals surface area (Å²) in [5, 5.41) is 12.7. The highest BCUT2D eigenvalue weighted by Crippen LogP contribution is 2.26. The van der Waals surface area contributed by atoms with Gasteiger partial charge in [0.1, 0.15) is 18.8 Å². The summed E-state index contributed by atoms with van der Waals surface area (Å²) in [6.45, 7) is 5.64. The highest BCUT2D eigenvalue weighted by Gasteiger charge is 2.50. The quantitative estimate of drug-likeness (QED) is 0.427. The molecule has 1 rings (SSSR count). The molecule has 0 aromatic rings. The van der Waals surface area contributed by atoms with Crippen LogP contribution in [0.25, 0.3) is 0 Å². The lowest BCUT2D eigenvalue weighted by atomic mass is 9.96. The molecule has 1 aliphatic heterocycles. The fraction of sp³-hybridized carbons (Fsp3) is 0.765. The molecule has 0 bridgehead atoms. The van der Waals surface area contributed by atoms with Gasteiger partial charge in [-0.2, -0.15) is 0 Å². The van der Waals surface area contributed by atoms with E-state index in [0.717, 1.165) is 0 Å². The second-order valence-corrected chi connectivity index (χ2v) is 5.94. The van der Waals surface area contributed by atoms with Crippen molar-refractivity contribution in [2.75, 3.05) is 6.61 Å². The van der Waals surface area contributed by atoms with Crippen molar-refractivity contribution in [3.8, 4) is 0 Å². The molecule has 0 aromatic carbocycles. The third-order valence-corrected chi connectivity index (χ3v) is 3.85. The Morgan fingerprint density at radius 1 is 0.926 bits per heavy atom. The Morgan fingerprint density at radius 2 is 1.44 bits per heavy atom. The van der Waals surface area contributed by atoms with Crippen LogP contribution in [-0.2, 0) is 38.1 Å². The molecule has 0 aromatic heterocycles. The zero-order valence-electron chi connectivity index (χ0n) is 15.9. The van der Waals surface area contributed by atoms with E-state index in [-0.39, 0.29) is 25.9 Å². The van der Waals surface area contributed by atoms with Crippen molar-refractivity contribution >= 4 is 23.8 Å². The van der Waals surface area contributed by atoms with Gasteiger partial charge in [0, 0.05) is 26.2 Å². The molecule has 1 saturated heterocycles. The van der Waals surface area contributed by atoms with Crippen LogP contribution in [0.2, 0.25) is 0 Å². The lowest BCUT2D eigenvalue weighted by Crippen LogP contribution is -2.66. The molecule has 10 nitrogen and oxygen atoms in total. The number of carbonyl (C=O) groups is 4. The number of amides is 1. The molecule has 1 unspecified atom stereocenters. The van der Waals surface area contributed by atoms with E-state index in [1.54, 1.807) is 20.8 Å². The molecular weight excluding hydrogens is 362 g/mol. The van der Waals surface area contributed by atoms with Crippen molar-refractivity contribution in [2.45, 2.75) is 77.6 Å². The second kappa shape index (κ2) is 10.8. The number of rotatable bonds is 8. The maximum Gasteiger partial charge on any atom is 0.306 e. The normalized spacial score (nSPS) is 27.4. The standard InChI is InChI=1S/C17H27NO9/c1-5-11(20)24-8-10-15(26-12(21)6-2)16(27-13(22)7-3)14(17(23)25-10)18-9(4)19/h10,14-17,23H,5-8H2,1-4H3,(H,18,19)/t10-,14+,15-,16-,17?/m1/s1. The van der Waals surface area contributed by atoms with Crippen molar-refractivity contribution in [1.82, 2.24) is 5.32 Å². The molecule has 0 saturated carbocycles. The Bertz CT molecular complexity index is 551. The number of hydrogen-bond acceptors (Lipinski definition) is 9. The zero-order chi connectivity index (χ0) is 20.6. The van der Waals surface area contributed by atoms with Crippen molar-refractivity contribution in [3.63, 3.8) is 0 Å². The zero-order valence-corrected chi connectivity index (χ0v) is 15.9. The van der Waals surface area contributed by atoms with Gasteiger partial charge >= 0.3 is 17.9 Å². The maximum atomic E-state index is 11.9. The molecule has 0 aliphatic carbocycles. The Morgan fingerprint density at radius 3 is 1.93 bits per heavy atom. The van der Waals surface area contributed by atoms with Crippen LogP contribution < -0.4 is 5.32 Å². The van der Waals surface area contributed by atoms with E-state index in [1.807, 2.05) is 0 Å². The van der Waals surface area contributed by atoms with E-state index in [0.29, 0.717) is 0 Å². The van der Waals surface area contributed by atoms with Crippen molar-refractivity contribution in [1.29, 1.82) is 0 Å². The highest BCUT2D eigenvalue weighted by molar-refractivity contribution is 5.74. The van der Waals surface area contributed by atoms with Gasteiger partial charge in [-0.3, -0.25) is 19.2 Å². The molecule has 10 heteroatoms. The van der Waals surface area contributed by atoms with Gasteiger partial charge in [-0.1, -0.05) is 20.8 Å². The average molecular weight is 389 g/mol. The molecule has 0 radical (unpaired) electrons. The van der Waals surface area contributed by atoms with Crippen LogP contribution in [0, 0.1) is 0 Å². The second-order valence-electron chi connectivity index (χ2n) is 5.94. The molecule has 1 fully saturated rings. The molecule has 154 valence electrons. The number of hydrogen-bond donors (Lipinski definition) is 2. The van der Waals surface area contributed by atoms with Gasteiger partial charge in [0.2, 0.25) is 5.91 Å². The summed E-state index contributed by atoms with van der Waals surface area (Å²) in [7, 11) is 0. The van der Waals surface area contributed by atoms with E-state index < -0.39 is 54.5 Å². The van der Waals surface area contributed by atoms with Crippen LogP contribution in [0.3, 0.4) is 0 Å². The number of ether oxygens (including phenoxy) is 4. The summed E-state index contributed by atoms with van der Waals surface area (Å²) in [6, 6.07) is -1.16. The molecule has 27 heavy (non-hydrogen) atoms. The van der Waals surface area contributed by atoms with Crippen molar-refractivity contribution in [3.05, 3.63) is 0 Å². The summed E-state index contributed by atoms with van der Waals surface area (Å²) in [4.78, 5) is 46.6. The number of nitrogens with one attached hydrogen (secondary N) is 1. The Balaban J connectivity index is 3.15. The number of carbonyl (C=O) groups excluding carboxylic acids is 4. The average Bonchev–Trinajstić information content (AvgIpc) is 2.64. The lowest BCUT2D eigenvalue weighted by Gasteiger charge is -2.43. The molecule has 5 atom stereocenters. The molecule has 0 spiro atoms. The minimum atomic E-state index is -1.56. The maximum absolute atomic E-state index is 11.9. The van der Waals surface area contributed by atoms with E-state index in [2.05, 4.69) is 5.32 Å². The van der Waals surface area contributed by atoms with Gasteiger partial charge < -0.3 is 29.4 Å². The SMILES string of the molecule is CCC(=O)OC[C@H]1OC(O)[C@@H](NC(C)=O)[C@@H](OC(=O)CC)[C@@H]1OC(=O)CC. The smallest absolute Gasteiger partial charge is 0.306 e. The van der Waals surface area contributed by atoms with Gasteiger partial charge in [0.05, 0.1) is 0 Å². The highest BCUT2D eigenvalue weighted by atomic mass is 16.7. The monoisotopic (exact) mass is 389 g/mol. The van der Waals surface area contributed by atoms with Crippen LogP contribution in [0.4, 0.5) is 0 Å². The first-order valence-corrected chi connectivity index (χ1v) is 8.88. The number of esters is 3. The Hall–Kier alpha value is -2.20. The van der Waals surface area contributed by atoms with Crippen LogP contribution in [0.15, 0.2) is 0 Å². The van der Waals surface area contributed by atoms with E-state index >= 15 is 0 Å². The molecule has 2 N–H and O–H groups in total. The van der Waals surface area contributed by atoms with Crippen LogP contribution in [0.1, 0.15) is 47.0 Å². The lowest BCUT2D eigenvalue weighted by molar-refractivity contribution is -0.265. The summed E-state index contributed by atoms with van der Waals surface area (Å²) in [6.07, 6.45) is -4.85. The van der Waals surface area contributed by atoms with E-state index in [4.69, 9.17) is 18.9 Å². The third kappa shape index (κ3) is 6.79. The van der Waals surface area contributed by atoms with Gasteiger partial charge in [0.15, 0.2) is 18.5 Å².